The molecule has 0 radical (unpaired) electrons. The van der Waals surface area contributed by atoms with Crippen molar-refractivity contribution in [3.63, 3.8) is 0 Å². The van der Waals surface area contributed by atoms with E-state index >= 15 is 0 Å². The molecule has 1 saturated heterocycles. The van der Waals surface area contributed by atoms with Crippen molar-refractivity contribution in [2.75, 3.05) is 31.6 Å². The maximum atomic E-state index is 14.6. The molecular weight excluding hydrogens is 603 g/mol. The number of carbonyl (C=O) groups is 2. The molecule has 2 amide bonds. The Hall–Kier alpha value is -3.97. The summed E-state index contributed by atoms with van der Waals surface area (Å²) in [5.41, 5.74) is -0.852. The molecule has 2 fully saturated rings. The van der Waals surface area contributed by atoms with Gasteiger partial charge < -0.3 is 29.0 Å². The lowest BCUT2D eigenvalue weighted by atomic mass is 9.84. The average Bonchev–Trinajstić information content (AvgIpc) is 3.40. The summed E-state index contributed by atoms with van der Waals surface area (Å²) in [6.45, 7) is 5.46. The maximum absolute atomic E-state index is 14.6. The summed E-state index contributed by atoms with van der Waals surface area (Å²) in [6, 6.07) is 11.7. The van der Waals surface area contributed by atoms with Crippen LogP contribution in [0.4, 0.5) is 19.0 Å². The lowest BCUT2D eigenvalue weighted by Gasteiger charge is -2.33. The van der Waals surface area contributed by atoms with Crippen LogP contribution in [0.2, 0.25) is 0 Å². The van der Waals surface area contributed by atoms with Gasteiger partial charge in [-0.05, 0) is 63.0 Å². The first kappa shape index (κ1) is 33.4. The Morgan fingerprint density at radius 3 is 2.57 bits per heavy atom. The maximum Gasteiger partial charge on any atom is 0.434 e. The third-order valence-corrected chi connectivity index (χ3v) is 8.42. The smallest absolute Gasteiger partial charge is 0.434 e. The monoisotopic (exact) mass is 643 g/mol. The quantitative estimate of drug-likeness (QED) is 0.166. The van der Waals surface area contributed by atoms with Gasteiger partial charge in [-0.2, -0.15) is 13.2 Å². The minimum absolute atomic E-state index is 0.0135. The Morgan fingerprint density at radius 1 is 1.13 bits per heavy atom. The molecule has 3 unspecified atom stereocenters. The van der Waals surface area contributed by atoms with E-state index in [1.165, 1.54) is 16.7 Å². The van der Waals surface area contributed by atoms with Crippen LogP contribution in [0.3, 0.4) is 0 Å². The van der Waals surface area contributed by atoms with Crippen LogP contribution >= 0.6 is 0 Å². The molecule has 3 heterocycles. The van der Waals surface area contributed by atoms with E-state index < -0.39 is 17.8 Å². The highest BCUT2D eigenvalue weighted by Crippen LogP contribution is 2.39. The van der Waals surface area contributed by atoms with Gasteiger partial charge in [0.15, 0.2) is 23.5 Å². The summed E-state index contributed by atoms with van der Waals surface area (Å²) in [6.07, 6.45) is 0.0829. The number of nitrogens with one attached hydrogen (secondary N) is 1. The van der Waals surface area contributed by atoms with Gasteiger partial charge in [0, 0.05) is 37.9 Å². The van der Waals surface area contributed by atoms with E-state index in [9.17, 15) is 22.8 Å². The van der Waals surface area contributed by atoms with E-state index in [1.807, 2.05) is 19.9 Å². The second-order valence-corrected chi connectivity index (χ2v) is 11.6. The topological polar surface area (TPSA) is 108 Å². The number of nitrogens with zero attached hydrogens (tertiary/aromatic N) is 4. The lowest BCUT2D eigenvalue weighted by molar-refractivity contribution is -0.162. The van der Waals surface area contributed by atoms with E-state index in [1.54, 1.807) is 29.2 Å². The lowest BCUT2D eigenvalue weighted by Crippen LogP contribution is -2.35. The number of rotatable bonds is 14. The van der Waals surface area contributed by atoms with Crippen LogP contribution in [0.5, 0.6) is 5.88 Å². The van der Waals surface area contributed by atoms with Crippen molar-refractivity contribution >= 4 is 18.1 Å². The standard InChI is InChI=1S/C33H40F3N5O5/c1-3-40(17-9-19-45-27-12-7-8-18-44-27)32(43)28-30(37-21-42)39-31(41(28)20-23-10-5-4-6-11-23)24-14-16-26(38-29(24)33(34,35)36)46-25-15-13-22(25)2/h4-6,10-11,14,16,21-22,25,27H,3,7-9,12-13,15,17-20H2,1-2H3,(H,37,42). The summed E-state index contributed by atoms with van der Waals surface area (Å²) in [5.74, 6) is -0.702. The number of benzene rings is 1. The molecule has 13 heteroatoms. The van der Waals surface area contributed by atoms with E-state index in [2.05, 4.69) is 15.3 Å². The Kier molecular flexibility index (Phi) is 10.9. The van der Waals surface area contributed by atoms with Crippen LogP contribution in [-0.2, 0) is 27.0 Å². The number of amides is 2. The number of carbonyl (C=O) groups excluding carboxylic acids is 2. The fraction of sp³-hybridized carbons (Fsp3) is 0.515. The highest BCUT2D eigenvalue weighted by atomic mass is 19.4. The van der Waals surface area contributed by atoms with E-state index in [-0.39, 0.29) is 53.6 Å². The molecule has 0 bridgehead atoms. The molecule has 1 aromatic carbocycles. The Bertz CT molecular complexity index is 1480. The molecule has 0 spiro atoms. The molecule has 1 N–H and O–H groups in total. The normalized spacial score (nSPS) is 19.7. The van der Waals surface area contributed by atoms with Crippen LogP contribution in [0, 0.1) is 5.92 Å². The van der Waals surface area contributed by atoms with E-state index in [0.29, 0.717) is 39.1 Å². The second kappa shape index (κ2) is 15.1. The highest BCUT2D eigenvalue weighted by molar-refractivity contribution is 6.00. The molecule has 1 aliphatic carbocycles. The van der Waals surface area contributed by atoms with Gasteiger partial charge in [-0.25, -0.2) is 9.97 Å². The first-order valence-electron chi connectivity index (χ1n) is 15.8. The summed E-state index contributed by atoms with van der Waals surface area (Å²) < 4.78 is 62.3. The zero-order chi connectivity index (χ0) is 32.7. The predicted octanol–water partition coefficient (Wildman–Crippen LogP) is 6.15. The number of imidazole rings is 1. The average molecular weight is 644 g/mol. The molecule has 3 atom stereocenters. The fourth-order valence-corrected chi connectivity index (χ4v) is 5.69. The number of ether oxygens (including phenoxy) is 3. The van der Waals surface area contributed by atoms with Crippen molar-refractivity contribution in [3.05, 3.63) is 59.4 Å². The third kappa shape index (κ3) is 7.87. The number of pyridine rings is 1. The van der Waals surface area contributed by atoms with E-state index in [4.69, 9.17) is 14.2 Å². The first-order chi connectivity index (χ1) is 22.2. The first-order valence-corrected chi connectivity index (χ1v) is 15.8. The van der Waals surface area contributed by atoms with Gasteiger partial charge in [-0.15, -0.1) is 0 Å². The minimum atomic E-state index is -4.86. The molecule has 3 aromatic rings. The Morgan fingerprint density at radius 2 is 1.93 bits per heavy atom. The van der Waals surface area contributed by atoms with Gasteiger partial charge >= 0.3 is 6.18 Å². The van der Waals surface area contributed by atoms with Gasteiger partial charge in [-0.1, -0.05) is 37.3 Å². The molecular formula is C33H40F3N5O5. The number of hydrogen-bond donors (Lipinski definition) is 1. The third-order valence-electron chi connectivity index (χ3n) is 8.42. The summed E-state index contributed by atoms with van der Waals surface area (Å²) in [5, 5.41) is 2.45. The molecule has 1 saturated carbocycles. The van der Waals surface area contributed by atoms with Crippen LogP contribution in [0.15, 0.2) is 42.5 Å². The van der Waals surface area contributed by atoms with Crippen molar-refractivity contribution in [3.8, 4) is 17.3 Å². The Labute approximate surface area is 266 Å². The molecule has 2 aliphatic rings. The van der Waals surface area contributed by atoms with Crippen molar-refractivity contribution in [1.29, 1.82) is 0 Å². The summed E-state index contributed by atoms with van der Waals surface area (Å²) in [4.78, 5) is 35.7. The molecule has 46 heavy (non-hydrogen) atoms. The molecule has 5 rings (SSSR count). The van der Waals surface area contributed by atoms with E-state index in [0.717, 1.165) is 37.7 Å². The van der Waals surface area contributed by atoms with Crippen molar-refractivity contribution in [1.82, 2.24) is 19.4 Å². The molecule has 248 valence electrons. The van der Waals surface area contributed by atoms with Crippen LogP contribution in [-0.4, -0.2) is 70.4 Å². The zero-order valence-electron chi connectivity index (χ0n) is 26.1. The SMILES string of the molecule is CCN(CCCOC1CCCCO1)C(=O)c1c(NC=O)nc(-c2ccc(OC3CCC3C)nc2C(F)(F)F)n1Cc1ccccc1. The van der Waals surface area contributed by atoms with Crippen LogP contribution in [0.1, 0.15) is 74.1 Å². The number of alkyl halides is 3. The fourth-order valence-electron chi connectivity index (χ4n) is 5.69. The Balaban J connectivity index is 1.51. The van der Waals surface area contributed by atoms with Crippen LogP contribution < -0.4 is 10.1 Å². The molecule has 1 aliphatic heterocycles. The summed E-state index contributed by atoms with van der Waals surface area (Å²) in [7, 11) is 0. The molecule has 2 aromatic heterocycles. The van der Waals surface area contributed by atoms with Gasteiger partial charge in [-0.3, -0.25) is 9.59 Å². The molecule has 10 nitrogen and oxygen atoms in total. The highest BCUT2D eigenvalue weighted by Gasteiger charge is 2.39. The second-order valence-electron chi connectivity index (χ2n) is 11.6. The zero-order valence-corrected chi connectivity index (χ0v) is 26.1. The predicted molar refractivity (Wildman–Crippen MR) is 164 cm³/mol. The van der Waals surface area contributed by atoms with Gasteiger partial charge in [0.05, 0.1) is 6.61 Å². The number of aromatic nitrogens is 3. The van der Waals surface area contributed by atoms with Crippen molar-refractivity contribution in [2.24, 2.45) is 5.92 Å². The van der Waals surface area contributed by atoms with Crippen LogP contribution in [0.25, 0.3) is 11.4 Å². The number of halogens is 3. The number of hydrogen-bond acceptors (Lipinski definition) is 7. The largest absolute Gasteiger partial charge is 0.474 e. The summed E-state index contributed by atoms with van der Waals surface area (Å²) >= 11 is 0. The van der Waals surface area contributed by atoms with Gasteiger partial charge in [0.1, 0.15) is 11.9 Å². The minimum Gasteiger partial charge on any atom is -0.474 e. The number of anilines is 1. The van der Waals surface area contributed by atoms with Crippen molar-refractivity contribution in [2.45, 2.75) is 77.5 Å². The van der Waals surface area contributed by atoms with Crippen molar-refractivity contribution < 1.29 is 37.0 Å². The van der Waals surface area contributed by atoms with Gasteiger partial charge in [0.2, 0.25) is 12.3 Å². The van der Waals surface area contributed by atoms with Gasteiger partial charge in [0.25, 0.3) is 5.91 Å².